The third-order valence-electron chi connectivity index (χ3n) is 4.51. The van der Waals surface area contributed by atoms with E-state index >= 15 is 0 Å². The van der Waals surface area contributed by atoms with E-state index in [4.69, 9.17) is 0 Å². The van der Waals surface area contributed by atoms with Gasteiger partial charge in [-0.15, -0.1) is 0 Å². The van der Waals surface area contributed by atoms with Crippen LogP contribution in [0, 0.1) is 5.92 Å². The second kappa shape index (κ2) is 7.33. The third-order valence-corrected chi connectivity index (χ3v) is 5.70. The van der Waals surface area contributed by atoms with Crippen molar-refractivity contribution >= 4 is 22.5 Å². The number of nitrogens with one attached hydrogen (secondary N) is 1. The highest BCUT2D eigenvalue weighted by molar-refractivity contribution is 7.99. The van der Waals surface area contributed by atoms with E-state index in [9.17, 15) is 0 Å². The fourth-order valence-electron chi connectivity index (χ4n) is 3.31. The zero-order valence-electron chi connectivity index (χ0n) is 12.8. The Balaban J connectivity index is 1.82. The summed E-state index contributed by atoms with van der Waals surface area (Å²) in [5, 5.41) is 6.60. The van der Waals surface area contributed by atoms with Gasteiger partial charge in [0.2, 0.25) is 0 Å². The molecule has 1 aliphatic heterocycles. The second-order valence-electron chi connectivity index (χ2n) is 6.03. The molecule has 0 amide bonds. The van der Waals surface area contributed by atoms with Gasteiger partial charge in [0.25, 0.3) is 0 Å². The van der Waals surface area contributed by atoms with Gasteiger partial charge in [-0.3, -0.25) is 0 Å². The smallest absolute Gasteiger partial charge is 0.0144 e. The fraction of sp³-hybridized carbons (Fsp3) is 0.474. The van der Waals surface area contributed by atoms with Gasteiger partial charge in [-0.05, 0) is 59.6 Å². The maximum absolute atomic E-state index is 3.81. The van der Waals surface area contributed by atoms with Crippen molar-refractivity contribution < 1.29 is 0 Å². The van der Waals surface area contributed by atoms with Gasteiger partial charge >= 0.3 is 0 Å². The molecule has 1 nitrogen and oxygen atoms in total. The molecule has 1 N–H and O–H groups in total. The van der Waals surface area contributed by atoms with Crippen molar-refractivity contribution in [2.45, 2.75) is 32.2 Å². The van der Waals surface area contributed by atoms with Gasteiger partial charge in [0.05, 0.1) is 0 Å². The van der Waals surface area contributed by atoms with E-state index in [1.807, 2.05) is 0 Å². The monoisotopic (exact) mass is 299 g/mol. The first-order valence-electron chi connectivity index (χ1n) is 8.16. The summed E-state index contributed by atoms with van der Waals surface area (Å²) in [5.41, 5.74) is 1.50. The predicted molar refractivity (Wildman–Crippen MR) is 95.2 cm³/mol. The van der Waals surface area contributed by atoms with Crippen LogP contribution < -0.4 is 5.32 Å². The van der Waals surface area contributed by atoms with E-state index in [0.29, 0.717) is 6.04 Å². The summed E-state index contributed by atoms with van der Waals surface area (Å²) in [7, 11) is 0. The van der Waals surface area contributed by atoms with Crippen molar-refractivity contribution in [3.05, 3.63) is 48.0 Å². The third kappa shape index (κ3) is 3.61. The van der Waals surface area contributed by atoms with Crippen LogP contribution in [0.5, 0.6) is 0 Å². The molecule has 1 heterocycles. The number of thioether (sulfide) groups is 1. The molecule has 0 radical (unpaired) electrons. The van der Waals surface area contributed by atoms with Crippen molar-refractivity contribution in [2.24, 2.45) is 5.92 Å². The Kier molecular flexibility index (Phi) is 5.21. The lowest BCUT2D eigenvalue weighted by atomic mass is 9.90. The molecular weight excluding hydrogens is 274 g/mol. The van der Waals surface area contributed by atoms with Crippen LogP contribution in [-0.4, -0.2) is 24.1 Å². The number of hydrogen-bond acceptors (Lipinski definition) is 2. The van der Waals surface area contributed by atoms with Crippen LogP contribution >= 0.6 is 11.8 Å². The Labute approximate surface area is 132 Å². The maximum Gasteiger partial charge on any atom is 0.0144 e. The molecule has 112 valence electrons. The van der Waals surface area contributed by atoms with Gasteiger partial charge in [-0.1, -0.05) is 49.4 Å². The zero-order chi connectivity index (χ0) is 14.5. The largest absolute Gasteiger partial charge is 0.313 e. The molecule has 1 fully saturated rings. The summed E-state index contributed by atoms with van der Waals surface area (Å²) in [5.74, 6) is 3.50. The van der Waals surface area contributed by atoms with Crippen LogP contribution in [0.3, 0.4) is 0 Å². The molecular formula is C19H25NS. The highest BCUT2D eigenvalue weighted by Gasteiger charge is 2.25. The first-order chi connectivity index (χ1) is 10.4. The maximum atomic E-state index is 3.81. The molecule has 0 aliphatic carbocycles. The lowest BCUT2D eigenvalue weighted by molar-refractivity contribution is 0.381. The summed E-state index contributed by atoms with van der Waals surface area (Å²) >= 11 is 2.12. The van der Waals surface area contributed by atoms with E-state index in [2.05, 4.69) is 66.5 Å². The van der Waals surface area contributed by atoms with Crippen LogP contribution in [0.25, 0.3) is 10.8 Å². The zero-order valence-corrected chi connectivity index (χ0v) is 13.7. The van der Waals surface area contributed by atoms with Gasteiger partial charge in [-0.25, -0.2) is 0 Å². The number of fused-ring (bicyclic) bond motifs is 1. The molecule has 1 saturated heterocycles. The number of benzene rings is 2. The SMILES string of the molecule is CCCNC(Cc1cccc2ccccc12)C1CCSC1. The molecule has 2 aromatic carbocycles. The van der Waals surface area contributed by atoms with Gasteiger partial charge in [0.1, 0.15) is 0 Å². The average Bonchev–Trinajstić information content (AvgIpc) is 3.06. The first kappa shape index (κ1) is 14.9. The minimum Gasteiger partial charge on any atom is -0.313 e. The first-order valence-corrected chi connectivity index (χ1v) is 9.31. The van der Waals surface area contributed by atoms with Gasteiger partial charge in [0, 0.05) is 6.04 Å². The molecule has 0 bridgehead atoms. The number of hydrogen-bond donors (Lipinski definition) is 1. The molecule has 2 aromatic rings. The minimum absolute atomic E-state index is 0.630. The van der Waals surface area contributed by atoms with Crippen molar-refractivity contribution in [3.63, 3.8) is 0 Å². The lowest BCUT2D eigenvalue weighted by Gasteiger charge is -2.25. The summed E-state index contributed by atoms with van der Waals surface area (Å²) in [4.78, 5) is 0. The van der Waals surface area contributed by atoms with Crippen LogP contribution in [0.1, 0.15) is 25.3 Å². The summed E-state index contributed by atoms with van der Waals surface area (Å²) in [6.45, 7) is 3.39. The van der Waals surface area contributed by atoms with E-state index in [0.717, 1.165) is 18.9 Å². The topological polar surface area (TPSA) is 12.0 Å². The molecule has 3 rings (SSSR count). The highest BCUT2D eigenvalue weighted by Crippen LogP contribution is 2.29. The van der Waals surface area contributed by atoms with Gasteiger partial charge < -0.3 is 5.32 Å². The molecule has 0 saturated carbocycles. The van der Waals surface area contributed by atoms with Crippen LogP contribution in [-0.2, 0) is 6.42 Å². The van der Waals surface area contributed by atoms with Crippen molar-refractivity contribution in [1.29, 1.82) is 0 Å². The Morgan fingerprint density at radius 3 is 2.86 bits per heavy atom. The Hall–Kier alpha value is -0.990. The van der Waals surface area contributed by atoms with E-state index in [1.165, 1.54) is 40.7 Å². The second-order valence-corrected chi connectivity index (χ2v) is 7.18. The minimum atomic E-state index is 0.630. The van der Waals surface area contributed by atoms with Crippen LogP contribution in [0.4, 0.5) is 0 Å². The van der Waals surface area contributed by atoms with Crippen LogP contribution in [0.2, 0.25) is 0 Å². The number of rotatable bonds is 6. The fourth-order valence-corrected chi connectivity index (χ4v) is 4.65. The lowest BCUT2D eigenvalue weighted by Crippen LogP contribution is -2.38. The molecule has 2 atom stereocenters. The molecule has 0 aromatic heterocycles. The molecule has 21 heavy (non-hydrogen) atoms. The summed E-state index contributed by atoms with van der Waals surface area (Å²) < 4.78 is 0. The predicted octanol–water partition coefficient (Wildman–Crippen LogP) is 4.50. The molecule has 0 spiro atoms. The van der Waals surface area contributed by atoms with Crippen LogP contribution in [0.15, 0.2) is 42.5 Å². The van der Waals surface area contributed by atoms with Crippen molar-refractivity contribution in [1.82, 2.24) is 5.32 Å². The van der Waals surface area contributed by atoms with Gasteiger partial charge in [0.15, 0.2) is 0 Å². The molecule has 1 aliphatic rings. The van der Waals surface area contributed by atoms with E-state index < -0.39 is 0 Å². The van der Waals surface area contributed by atoms with Crippen molar-refractivity contribution in [2.75, 3.05) is 18.1 Å². The van der Waals surface area contributed by atoms with E-state index in [-0.39, 0.29) is 0 Å². The quantitative estimate of drug-likeness (QED) is 0.842. The van der Waals surface area contributed by atoms with Gasteiger partial charge in [-0.2, -0.15) is 11.8 Å². The molecule has 2 unspecified atom stereocenters. The Bertz CT molecular complexity index is 569. The Morgan fingerprint density at radius 2 is 2.05 bits per heavy atom. The Morgan fingerprint density at radius 1 is 1.19 bits per heavy atom. The van der Waals surface area contributed by atoms with E-state index in [1.54, 1.807) is 0 Å². The normalized spacial score (nSPS) is 20.0. The summed E-state index contributed by atoms with van der Waals surface area (Å²) in [6, 6.07) is 16.1. The average molecular weight is 299 g/mol. The molecule has 2 heteroatoms. The van der Waals surface area contributed by atoms with Crippen molar-refractivity contribution in [3.8, 4) is 0 Å². The summed E-state index contributed by atoms with van der Waals surface area (Å²) in [6.07, 6.45) is 3.75. The standard InChI is InChI=1S/C19H25NS/c1-2-11-20-19(17-10-12-21-14-17)13-16-8-5-7-15-6-3-4-9-18(15)16/h3-9,17,19-20H,2,10-14H2,1H3. The highest BCUT2D eigenvalue weighted by atomic mass is 32.2.